The predicted molar refractivity (Wildman–Crippen MR) is 56.1 cm³/mol. The number of hydrogen-bond acceptors (Lipinski definition) is 3. The van der Waals surface area contributed by atoms with Crippen molar-refractivity contribution in [2.75, 3.05) is 7.11 Å². The smallest absolute Gasteiger partial charge is 0.404 e. The molecule has 0 radical (unpaired) electrons. The van der Waals surface area contributed by atoms with Gasteiger partial charge in [0.1, 0.15) is 6.04 Å². The van der Waals surface area contributed by atoms with Gasteiger partial charge in [-0.15, -0.1) is 0 Å². The van der Waals surface area contributed by atoms with E-state index in [2.05, 4.69) is 4.74 Å². The first-order valence-electron chi connectivity index (χ1n) is 5.76. The van der Waals surface area contributed by atoms with Crippen LogP contribution in [0.2, 0.25) is 0 Å². The number of halogens is 3. The third kappa shape index (κ3) is 3.87. The summed E-state index contributed by atoms with van der Waals surface area (Å²) in [5, 5.41) is 0. The van der Waals surface area contributed by atoms with E-state index in [4.69, 9.17) is 5.73 Å². The van der Waals surface area contributed by atoms with Gasteiger partial charge in [-0.2, -0.15) is 13.2 Å². The molecule has 1 saturated carbocycles. The van der Waals surface area contributed by atoms with Gasteiger partial charge < -0.3 is 10.5 Å². The van der Waals surface area contributed by atoms with Gasteiger partial charge in [0.2, 0.25) is 0 Å². The van der Waals surface area contributed by atoms with Crippen LogP contribution in [0.4, 0.5) is 13.2 Å². The topological polar surface area (TPSA) is 52.3 Å². The van der Waals surface area contributed by atoms with Gasteiger partial charge in [-0.25, -0.2) is 0 Å². The van der Waals surface area contributed by atoms with Crippen molar-refractivity contribution in [3.63, 3.8) is 0 Å². The summed E-state index contributed by atoms with van der Waals surface area (Å²) in [4.78, 5) is 11.4. The number of esters is 1. The maximum absolute atomic E-state index is 12.5. The highest BCUT2D eigenvalue weighted by Crippen LogP contribution is 2.34. The van der Waals surface area contributed by atoms with E-state index in [1.165, 1.54) is 0 Å². The lowest BCUT2D eigenvalue weighted by Crippen LogP contribution is -2.47. The van der Waals surface area contributed by atoms with Crippen LogP contribution in [-0.2, 0) is 9.53 Å². The minimum Gasteiger partial charge on any atom is -0.469 e. The summed E-state index contributed by atoms with van der Waals surface area (Å²) in [5.74, 6) is -1.97. The number of methoxy groups -OCH3 is 1. The minimum absolute atomic E-state index is 0.160. The summed E-state index contributed by atoms with van der Waals surface area (Å²) in [5.41, 5.74) is 5.12. The number of nitrogens with two attached hydrogens (primary N) is 1. The molecule has 2 N–H and O–H groups in total. The molecular formula is C11H18F3NO2. The van der Waals surface area contributed by atoms with Crippen LogP contribution in [0, 0.1) is 11.8 Å². The number of rotatable bonds is 4. The molecule has 6 heteroatoms. The van der Waals surface area contributed by atoms with Gasteiger partial charge in [0.15, 0.2) is 0 Å². The molecule has 0 aromatic heterocycles. The number of carbonyl (C=O) groups is 1. The first kappa shape index (κ1) is 14.3. The second-order valence-corrected chi connectivity index (χ2v) is 4.58. The molecule has 1 aliphatic carbocycles. The summed E-state index contributed by atoms with van der Waals surface area (Å²) >= 11 is 0. The molecular weight excluding hydrogens is 235 g/mol. The fraction of sp³-hybridized carbons (Fsp3) is 0.909. The van der Waals surface area contributed by atoms with Gasteiger partial charge in [-0.1, -0.05) is 25.7 Å². The quantitative estimate of drug-likeness (QED) is 0.782. The Morgan fingerprint density at radius 3 is 2.35 bits per heavy atom. The van der Waals surface area contributed by atoms with E-state index in [9.17, 15) is 18.0 Å². The van der Waals surface area contributed by atoms with Gasteiger partial charge in [-0.3, -0.25) is 4.79 Å². The zero-order valence-electron chi connectivity index (χ0n) is 9.80. The average Bonchev–Trinajstić information content (AvgIpc) is 2.75. The predicted octanol–water partition coefficient (Wildman–Crippen LogP) is 2.25. The Labute approximate surface area is 98.5 Å². The summed E-state index contributed by atoms with van der Waals surface area (Å²) in [6.07, 6.45) is -0.611. The van der Waals surface area contributed by atoms with E-state index in [1.54, 1.807) is 0 Å². The lowest BCUT2D eigenvalue weighted by atomic mass is 9.88. The van der Waals surface area contributed by atoms with E-state index in [0.29, 0.717) is 0 Å². The molecule has 0 heterocycles. The van der Waals surface area contributed by atoms with Gasteiger partial charge in [0.25, 0.3) is 0 Å². The molecule has 1 fully saturated rings. The Bertz CT molecular complexity index is 262. The molecule has 0 aromatic rings. The van der Waals surface area contributed by atoms with Crippen molar-refractivity contribution >= 4 is 5.97 Å². The molecule has 0 aromatic carbocycles. The third-order valence-corrected chi connectivity index (χ3v) is 3.38. The summed E-state index contributed by atoms with van der Waals surface area (Å²) in [7, 11) is 1.09. The van der Waals surface area contributed by atoms with Crippen LogP contribution in [0.25, 0.3) is 0 Å². The largest absolute Gasteiger partial charge is 0.469 e. The van der Waals surface area contributed by atoms with E-state index in [1.807, 2.05) is 0 Å². The van der Waals surface area contributed by atoms with Crippen molar-refractivity contribution in [3.05, 3.63) is 0 Å². The number of hydrogen-bond donors (Lipinski definition) is 1. The minimum atomic E-state index is -4.56. The lowest BCUT2D eigenvalue weighted by molar-refractivity contribution is -0.176. The summed E-state index contributed by atoms with van der Waals surface area (Å²) in [6, 6.07) is -2.13. The number of alkyl halides is 3. The molecule has 0 amide bonds. The Morgan fingerprint density at radius 1 is 1.41 bits per heavy atom. The maximum Gasteiger partial charge on any atom is 0.404 e. The molecule has 2 atom stereocenters. The Kier molecular flexibility index (Phi) is 4.80. The van der Waals surface area contributed by atoms with Crippen LogP contribution < -0.4 is 5.73 Å². The number of carbonyl (C=O) groups excluding carboxylic acids is 1. The standard InChI is InChI=1S/C11H18F3NO2/c1-17-10(16)8(9(15)11(12,13)14)6-7-4-2-3-5-7/h7-9H,2-6,15H2,1H3/t8-,9-/m1/s1. The lowest BCUT2D eigenvalue weighted by Gasteiger charge is -2.25. The van der Waals surface area contributed by atoms with E-state index in [0.717, 1.165) is 32.8 Å². The highest BCUT2D eigenvalue weighted by molar-refractivity contribution is 5.73. The second kappa shape index (κ2) is 5.71. The molecule has 1 aliphatic rings. The molecule has 0 saturated heterocycles. The second-order valence-electron chi connectivity index (χ2n) is 4.58. The monoisotopic (exact) mass is 253 g/mol. The highest BCUT2D eigenvalue weighted by Gasteiger charge is 2.46. The van der Waals surface area contributed by atoms with Crippen molar-refractivity contribution in [1.82, 2.24) is 0 Å². The molecule has 0 bridgehead atoms. The van der Waals surface area contributed by atoms with Crippen molar-refractivity contribution in [3.8, 4) is 0 Å². The van der Waals surface area contributed by atoms with Gasteiger partial charge in [0, 0.05) is 0 Å². The third-order valence-electron chi connectivity index (χ3n) is 3.38. The zero-order valence-corrected chi connectivity index (χ0v) is 9.80. The van der Waals surface area contributed by atoms with Crippen molar-refractivity contribution < 1.29 is 22.7 Å². The normalized spacial score (nSPS) is 21.2. The van der Waals surface area contributed by atoms with Crippen LogP contribution in [-0.4, -0.2) is 25.3 Å². The van der Waals surface area contributed by atoms with E-state index >= 15 is 0 Å². The Hall–Kier alpha value is -0.780. The van der Waals surface area contributed by atoms with Crippen molar-refractivity contribution in [2.24, 2.45) is 17.6 Å². The summed E-state index contributed by atoms with van der Waals surface area (Å²) < 4.78 is 42.0. The molecule has 3 nitrogen and oxygen atoms in total. The molecule has 17 heavy (non-hydrogen) atoms. The fourth-order valence-corrected chi connectivity index (χ4v) is 2.37. The summed E-state index contributed by atoms with van der Waals surface area (Å²) in [6.45, 7) is 0. The first-order chi connectivity index (χ1) is 7.86. The SMILES string of the molecule is COC(=O)[C@H](CC1CCCC1)[C@@H](N)C(F)(F)F. The Balaban J connectivity index is 2.69. The average molecular weight is 253 g/mol. The molecule has 0 aliphatic heterocycles. The Morgan fingerprint density at radius 2 is 1.94 bits per heavy atom. The van der Waals surface area contributed by atoms with Crippen LogP contribution >= 0.6 is 0 Å². The van der Waals surface area contributed by atoms with Crippen LogP contribution in [0.15, 0.2) is 0 Å². The molecule has 0 spiro atoms. The zero-order chi connectivity index (χ0) is 13.1. The van der Waals surface area contributed by atoms with Crippen LogP contribution in [0.3, 0.4) is 0 Å². The van der Waals surface area contributed by atoms with Gasteiger partial charge in [-0.05, 0) is 12.3 Å². The molecule has 0 unspecified atom stereocenters. The first-order valence-corrected chi connectivity index (χ1v) is 5.76. The maximum atomic E-state index is 12.5. The molecule has 100 valence electrons. The van der Waals surface area contributed by atoms with Crippen molar-refractivity contribution in [1.29, 1.82) is 0 Å². The van der Waals surface area contributed by atoms with E-state index in [-0.39, 0.29) is 12.3 Å². The van der Waals surface area contributed by atoms with Gasteiger partial charge in [0.05, 0.1) is 13.0 Å². The van der Waals surface area contributed by atoms with Crippen molar-refractivity contribution in [2.45, 2.75) is 44.3 Å². The number of ether oxygens (including phenoxy) is 1. The fourth-order valence-electron chi connectivity index (χ4n) is 2.37. The van der Waals surface area contributed by atoms with Gasteiger partial charge >= 0.3 is 12.1 Å². The van der Waals surface area contributed by atoms with Crippen LogP contribution in [0.1, 0.15) is 32.1 Å². The van der Waals surface area contributed by atoms with Crippen LogP contribution in [0.5, 0.6) is 0 Å². The highest BCUT2D eigenvalue weighted by atomic mass is 19.4. The van der Waals surface area contributed by atoms with E-state index < -0.39 is 24.1 Å². The molecule has 1 rings (SSSR count).